The number of nitrogens with zero attached hydrogens (tertiary/aromatic N) is 2. The predicted octanol–water partition coefficient (Wildman–Crippen LogP) is 5.22. The van der Waals surface area contributed by atoms with Gasteiger partial charge in [-0.1, -0.05) is 24.3 Å². The third-order valence-corrected chi connectivity index (χ3v) is 6.51. The topological polar surface area (TPSA) is 56.1 Å². The van der Waals surface area contributed by atoms with Crippen LogP contribution in [0.25, 0.3) is 0 Å². The van der Waals surface area contributed by atoms with Gasteiger partial charge in [-0.05, 0) is 66.8 Å². The molecule has 1 atom stereocenters. The second kappa shape index (κ2) is 12.2. The fraction of sp³-hybridized carbons (Fsp3) is 0.360. The van der Waals surface area contributed by atoms with Gasteiger partial charge in [-0.3, -0.25) is 4.79 Å². The predicted molar refractivity (Wildman–Crippen MR) is 129 cm³/mol. The van der Waals surface area contributed by atoms with Crippen molar-refractivity contribution in [3.05, 3.63) is 78.4 Å². The number of aromatic nitrogens is 2. The average Bonchev–Trinajstić information content (AvgIpc) is 3.29. The minimum Gasteiger partial charge on any atom is -0.497 e. The Morgan fingerprint density at radius 1 is 1.10 bits per heavy atom. The molecular formula is C25H31N3O2S. The van der Waals surface area contributed by atoms with Crippen molar-refractivity contribution in [2.45, 2.75) is 44.4 Å². The monoisotopic (exact) mass is 437 g/mol. The molecule has 0 bridgehead atoms. The van der Waals surface area contributed by atoms with Gasteiger partial charge in [0, 0.05) is 36.8 Å². The molecule has 3 aromatic rings. The Bertz CT molecular complexity index is 909. The Kier molecular flexibility index (Phi) is 9.03. The van der Waals surface area contributed by atoms with Crippen LogP contribution >= 0.6 is 11.8 Å². The molecule has 31 heavy (non-hydrogen) atoms. The molecule has 1 amide bonds. The molecule has 1 N–H and O–H groups in total. The van der Waals surface area contributed by atoms with Gasteiger partial charge in [0.05, 0.1) is 13.4 Å². The van der Waals surface area contributed by atoms with Gasteiger partial charge in [-0.25, -0.2) is 4.98 Å². The Hall–Kier alpha value is -2.73. The number of ether oxygens (including phenoxy) is 1. The van der Waals surface area contributed by atoms with Gasteiger partial charge in [0.15, 0.2) is 0 Å². The van der Waals surface area contributed by atoms with Crippen LogP contribution in [-0.2, 0) is 24.2 Å². The van der Waals surface area contributed by atoms with E-state index < -0.39 is 0 Å². The zero-order valence-electron chi connectivity index (χ0n) is 18.3. The van der Waals surface area contributed by atoms with Crippen LogP contribution < -0.4 is 10.1 Å². The van der Waals surface area contributed by atoms with Crippen molar-refractivity contribution in [1.82, 2.24) is 9.55 Å². The van der Waals surface area contributed by atoms with E-state index in [1.807, 2.05) is 54.7 Å². The normalized spacial score (nSPS) is 11.8. The van der Waals surface area contributed by atoms with E-state index in [0.29, 0.717) is 5.25 Å². The van der Waals surface area contributed by atoms with Crippen molar-refractivity contribution in [2.24, 2.45) is 0 Å². The number of thioether (sulfide) groups is 1. The van der Waals surface area contributed by atoms with E-state index in [1.54, 1.807) is 7.11 Å². The lowest BCUT2D eigenvalue weighted by Gasteiger charge is -2.17. The number of methoxy groups -OCH3 is 1. The first-order valence-corrected chi connectivity index (χ1v) is 11.7. The van der Waals surface area contributed by atoms with E-state index in [4.69, 9.17) is 4.74 Å². The second-order valence-corrected chi connectivity index (χ2v) is 9.03. The summed E-state index contributed by atoms with van der Waals surface area (Å²) in [5.41, 5.74) is 3.50. The Morgan fingerprint density at radius 3 is 2.45 bits per heavy atom. The summed E-state index contributed by atoms with van der Waals surface area (Å²) in [6.07, 6.45) is 10.1. The van der Waals surface area contributed by atoms with Crippen molar-refractivity contribution in [2.75, 3.05) is 18.2 Å². The van der Waals surface area contributed by atoms with Crippen LogP contribution in [0.3, 0.4) is 0 Å². The number of hydrogen-bond acceptors (Lipinski definition) is 4. The Balaban J connectivity index is 1.46. The molecule has 0 saturated heterocycles. The molecule has 0 aliphatic carbocycles. The molecule has 5 nitrogen and oxygen atoms in total. The van der Waals surface area contributed by atoms with Gasteiger partial charge >= 0.3 is 0 Å². The number of hydrogen-bond donors (Lipinski definition) is 1. The lowest BCUT2D eigenvalue weighted by Crippen LogP contribution is -2.14. The van der Waals surface area contributed by atoms with Crippen molar-refractivity contribution in [3.8, 4) is 5.75 Å². The molecule has 2 aromatic carbocycles. The highest BCUT2D eigenvalue weighted by Crippen LogP contribution is 2.22. The maximum absolute atomic E-state index is 11.1. The SMILES string of the molecule is COc1ccc(CCC(Cn2ccnc2)SCCCc2ccc(NC(C)=O)cc2)cc1. The van der Waals surface area contributed by atoms with Crippen molar-refractivity contribution < 1.29 is 9.53 Å². The standard InChI is InChI=1S/C25H31N3O2S/c1-20(29)27-23-10-5-21(6-11-23)4-3-17-31-25(18-28-16-15-26-19-28)14-9-22-7-12-24(30-2)13-8-22/h5-8,10-13,15-16,19,25H,3-4,9,14,17-18H2,1-2H3,(H,27,29). The van der Waals surface area contributed by atoms with E-state index in [1.165, 1.54) is 18.1 Å². The third kappa shape index (κ3) is 8.13. The molecular weight excluding hydrogens is 406 g/mol. The fourth-order valence-corrected chi connectivity index (χ4v) is 4.67. The number of carbonyl (C=O) groups is 1. The highest BCUT2D eigenvalue weighted by Gasteiger charge is 2.11. The highest BCUT2D eigenvalue weighted by molar-refractivity contribution is 7.99. The van der Waals surface area contributed by atoms with E-state index >= 15 is 0 Å². The first-order chi connectivity index (χ1) is 15.1. The Morgan fingerprint density at radius 2 is 1.81 bits per heavy atom. The van der Waals surface area contributed by atoms with E-state index in [9.17, 15) is 4.79 Å². The number of rotatable bonds is 12. The summed E-state index contributed by atoms with van der Waals surface area (Å²) in [6.45, 7) is 2.51. The van der Waals surface area contributed by atoms with Crippen LogP contribution in [0.15, 0.2) is 67.3 Å². The Labute approximate surface area is 189 Å². The van der Waals surface area contributed by atoms with Crippen LogP contribution in [-0.4, -0.2) is 33.6 Å². The van der Waals surface area contributed by atoms with Crippen LogP contribution in [0, 0.1) is 0 Å². The van der Waals surface area contributed by atoms with Gasteiger partial charge in [-0.15, -0.1) is 0 Å². The molecule has 3 rings (SSSR count). The number of carbonyl (C=O) groups excluding carboxylic acids is 1. The minimum absolute atomic E-state index is 0.0391. The quantitative estimate of drug-likeness (QED) is 0.395. The molecule has 0 spiro atoms. The van der Waals surface area contributed by atoms with Crippen LogP contribution in [0.2, 0.25) is 0 Å². The first kappa shape index (κ1) is 22.9. The van der Waals surface area contributed by atoms with Gasteiger partial charge in [0.25, 0.3) is 0 Å². The van der Waals surface area contributed by atoms with Crippen molar-refractivity contribution in [1.29, 1.82) is 0 Å². The molecule has 0 aliphatic heterocycles. The van der Waals surface area contributed by atoms with E-state index in [-0.39, 0.29) is 5.91 Å². The smallest absolute Gasteiger partial charge is 0.221 e. The fourth-order valence-electron chi connectivity index (χ4n) is 3.46. The molecule has 0 radical (unpaired) electrons. The summed E-state index contributed by atoms with van der Waals surface area (Å²) >= 11 is 2.05. The number of amides is 1. The zero-order chi connectivity index (χ0) is 21.9. The summed E-state index contributed by atoms with van der Waals surface area (Å²) in [4.78, 5) is 15.3. The summed E-state index contributed by atoms with van der Waals surface area (Å²) in [7, 11) is 1.70. The summed E-state index contributed by atoms with van der Waals surface area (Å²) in [6, 6.07) is 16.5. The average molecular weight is 438 g/mol. The van der Waals surface area contributed by atoms with Gasteiger partial charge in [-0.2, -0.15) is 11.8 Å². The molecule has 0 fully saturated rings. The lowest BCUT2D eigenvalue weighted by atomic mass is 10.1. The van der Waals surface area contributed by atoms with Gasteiger partial charge in [0.1, 0.15) is 5.75 Å². The third-order valence-electron chi connectivity index (χ3n) is 5.13. The minimum atomic E-state index is -0.0391. The number of imidazole rings is 1. The first-order valence-electron chi connectivity index (χ1n) is 10.7. The highest BCUT2D eigenvalue weighted by atomic mass is 32.2. The largest absolute Gasteiger partial charge is 0.497 e. The van der Waals surface area contributed by atoms with Gasteiger partial charge < -0.3 is 14.6 Å². The van der Waals surface area contributed by atoms with Crippen LogP contribution in [0.1, 0.15) is 30.9 Å². The molecule has 1 unspecified atom stereocenters. The van der Waals surface area contributed by atoms with E-state index in [2.05, 4.69) is 39.1 Å². The summed E-state index contributed by atoms with van der Waals surface area (Å²) in [5.74, 6) is 1.98. The number of aryl methyl sites for hydroxylation is 2. The summed E-state index contributed by atoms with van der Waals surface area (Å²) < 4.78 is 7.43. The summed E-state index contributed by atoms with van der Waals surface area (Å²) in [5, 5.41) is 3.35. The second-order valence-electron chi connectivity index (χ2n) is 7.62. The number of benzene rings is 2. The maximum Gasteiger partial charge on any atom is 0.221 e. The van der Waals surface area contributed by atoms with Gasteiger partial charge in [0.2, 0.25) is 5.91 Å². The molecule has 0 aliphatic rings. The van der Waals surface area contributed by atoms with Crippen LogP contribution in [0.5, 0.6) is 5.75 Å². The molecule has 1 aromatic heterocycles. The molecule has 0 saturated carbocycles. The van der Waals surface area contributed by atoms with E-state index in [0.717, 1.165) is 49.4 Å². The zero-order valence-corrected chi connectivity index (χ0v) is 19.1. The lowest BCUT2D eigenvalue weighted by molar-refractivity contribution is -0.114. The number of anilines is 1. The maximum atomic E-state index is 11.1. The van der Waals surface area contributed by atoms with Crippen molar-refractivity contribution in [3.63, 3.8) is 0 Å². The molecule has 1 heterocycles. The number of nitrogens with one attached hydrogen (secondary N) is 1. The van der Waals surface area contributed by atoms with Crippen molar-refractivity contribution >= 4 is 23.4 Å². The van der Waals surface area contributed by atoms with Crippen LogP contribution in [0.4, 0.5) is 5.69 Å². The molecule has 6 heteroatoms. The molecule has 164 valence electrons.